The Labute approximate surface area is 220 Å². The van der Waals surface area contributed by atoms with Gasteiger partial charge in [0.25, 0.3) is 5.91 Å². The zero-order valence-electron chi connectivity index (χ0n) is 20.5. The maximum absolute atomic E-state index is 13.7. The molecule has 2 aromatic carbocycles. The number of nitrogens with two attached hydrogens (primary N) is 1. The van der Waals surface area contributed by atoms with Crippen LogP contribution in [0.4, 0.5) is 0 Å². The summed E-state index contributed by atoms with van der Waals surface area (Å²) in [7, 11) is 0. The van der Waals surface area contributed by atoms with Gasteiger partial charge >= 0.3 is 0 Å². The molecule has 8 heteroatoms. The number of halogens is 1. The summed E-state index contributed by atoms with van der Waals surface area (Å²) >= 11 is 3.47. The third kappa shape index (κ3) is 5.25. The molecule has 2 aliphatic rings. The van der Waals surface area contributed by atoms with Gasteiger partial charge in [-0.1, -0.05) is 46.3 Å². The molecule has 1 atom stereocenters. The molecule has 1 unspecified atom stereocenters. The summed E-state index contributed by atoms with van der Waals surface area (Å²) in [5.74, 6) is -0.269. The number of aryl methyl sites for hydroxylation is 1. The van der Waals surface area contributed by atoms with E-state index >= 15 is 0 Å². The summed E-state index contributed by atoms with van der Waals surface area (Å²) in [6, 6.07) is 15.3. The monoisotopic (exact) mass is 549 g/mol. The van der Waals surface area contributed by atoms with Crippen molar-refractivity contribution in [3.8, 4) is 0 Å². The van der Waals surface area contributed by atoms with E-state index in [-0.39, 0.29) is 23.9 Å². The van der Waals surface area contributed by atoms with Gasteiger partial charge in [-0.2, -0.15) is 0 Å². The van der Waals surface area contributed by atoms with Crippen LogP contribution in [0.25, 0.3) is 0 Å². The third-order valence-electron chi connectivity index (χ3n) is 7.47. The van der Waals surface area contributed by atoms with Gasteiger partial charge in [0.15, 0.2) is 0 Å². The van der Waals surface area contributed by atoms with E-state index in [4.69, 9.17) is 5.73 Å². The molecule has 1 aliphatic heterocycles. The first-order valence-electron chi connectivity index (χ1n) is 12.6. The van der Waals surface area contributed by atoms with Gasteiger partial charge in [-0.15, -0.1) is 0 Å². The average Bonchev–Trinajstić information content (AvgIpc) is 3.27. The van der Waals surface area contributed by atoms with E-state index < -0.39 is 6.04 Å². The van der Waals surface area contributed by atoms with Crippen molar-refractivity contribution in [2.45, 2.75) is 70.2 Å². The van der Waals surface area contributed by atoms with Crippen molar-refractivity contribution < 1.29 is 9.59 Å². The van der Waals surface area contributed by atoms with Gasteiger partial charge in [0.05, 0.1) is 24.3 Å². The lowest BCUT2D eigenvalue weighted by Crippen LogP contribution is -2.55. The number of aromatic nitrogens is 2. The molecule has 5 rings (SSSR count). The maximum atomic E-state index is 13.7. The number of imidazole rings is 1. The number of amides is 2. The Morgan fingerprint density at radius 1 is 1.11 bits per heavy atom. The Balaban J connectivity index is 1.43. The highest BCUT2D eigenvalue weighted by Gasteiger charge is 2.38. The molecule has 3 N–H and O–H groups in total. The molecule has 1 aliphatic carbocycles. The predicted molar refractivity (Wildman–Crippen MR) is 142 cm³/mol. The van der Waals surface area contributed by atoms with Crippen LogP contribution in [0.1, 0.15) is 58.6 Å². The number of carbonyl (C=O) groups excluding carboxylic acids is 2. The second-order valence-corrected chi connectivity index (χ2v) is 10.9. The quantitative estimate of drug-likeness (QED) is 0.503. The Hall–Kier alpha value is -2.97. The van der Waals surface area contributed by atoms with Gasteiger partial charge in [0, 0.05) is 35.1 Å². The second-order valence-electron chi connectivity index (χ2n) is 9.98. The Bertz CT molecular complexity index is 1260. The lowest BCUT2D eigenvalue weighted by Gasteiger charge is -2.36. The van der Waals surface area contributed by atoms with Crippen molar-refractivity contribution in [3.63, 3.8) is 0 Å². The van der Waals surface area contributed by atoms with Crippen LogP contribution in [-0.4, -0.2) is 44.4 Å². The summed E-state index contributed by atoms with van der Waals surface area (Å²) in [6.45, 7) is 3.10. The SMILES string of the molecule is Cc1ccccc1Cn1cnc2c1CN(C(=O)c1cccc(Br)c1)C(C(=O)NC1CCC(N)CC1)C2. The molecule has 36 heavy (non-hydrogen) atoms. The largest absolute Gasteiger partial charge is 0.352 e. The van der Waals surface area contributed by atoms with Crippen molar-refractivity contribution in [1.29, 1.82) is 0 Å². The van der Waals surface area contributed by atoms with Crippen LogP contribution in [0.2, 0.25) is 0 Å². The molecule has 0 radical (unpaired) electrons. The third-order valence-corrected chi connectivity index (χ3v) is 7.96. The molecule has 0 saturated heterocycles. The fourth-order valence-electron chi connectivity index (χ4n) is 5.27. The van der Waals surface area contributed by atoms with E-state index in [1.807, 2.05) is 30.6 Å². The molecule has 1 fully saturated rings. The highest BCUT2D eigenvalue weighted by atomic mass is 79.9. The van der Waals surface area contributed by atoms with Crippen LogP contribution in [-0.2, 0) is 24.3 Å². The van der Waals surface area contributed by atoms with E-state index in [1.54, 1.807) is 17.0 Å². The highest BCUT2D eigenvalue weighted by molar-refractivity contribution is 9.10. The summed E-state index contributed by atoms with van der Waals surface area (Å²) in [4.78, 5) is 33.7. The number of rotatable bonds is 5. The average molecular weight is 551 g/mol. The first-order chi connectivity index (χ1) is 17.4. The van der Waals surface area contributed by atoms with Gasteiger partial charge < -0.3 is 20.5 Å². The minimum absolute atomic E-state index is 0.0973. The number of nitrogens with zero attached hydrogens (tertiary/aromatic N) is 3. The van der Waals surface area contributed by atoms with Crippen molar-refractivity contribution in [3.05, 3.63) is 87.4 Å². The molecular formula is C28H32BrN5O2. The fourth-order valence-corrected chi connectivity index (χ4v) is 5.67. The van der Waals surface area contributed by atoms with Crippen molar-refractivity contribution in [1.82, 2.24) is 19.8 Å². The minimum Gasteiger partial charge on any atom is -0.352 e. The standard InChI is InChI=1S/C28H32BrN5O2/c1-18-5-2-3-6-20(18)15-33-17-31-24-14-25(27(35)32-23-11-9-22(30)10-12-23)34(16-26(24)33)28(36)19-7-4-8-21(29)13-19/h2-8,13,17,22-23,25H,9-12,14-16,30H2,1H3,(H,32,35). The molecule has 7 nitrogen and oxygen atoms in total. The number of hydrogen-bond donors (Lipinski definition) is 2. The second kappa shape index (κ2) is 10.6. The molecule has 1 aromatic heterocycles. The van der Waals surface area contributed by atoms with Crippen molar-refractivity contribution in [2.24, 2.45) is 5.73 Å². The lowest BCUT2D eigenvalue weighted by molar-refractivity contribution is -0.127. The van der Waals surface area contributed by atoms with E-state index in [2.05, 4.69) is 49.9 Å². The Morgan fingerprint density at radius 2 is 1.89 bits per heavy atom. The van der Waals surface area contributed by atoms with Crippen LogP contribution < -0.4 is 11.1 Å². The molecule has 2 heterocycles. The zero-order chi connectivity index (χ0) is 25.2. The summed E-state index contributed by atoms with van der Waals surface area (Å²) in [5, 5.41) is 3.21. The highest BCUT2D eigenvalue weighted by Crippen LogP contribution is 2.27. The molecule has 3 aromatic rings. The maximum Gasteiger partial charge on any atom is 0.254 e. The summed E-state index contributed by atoms with van der Waals surface area (Å²) in [6.07, 6.45) is 5.79. The van der Waals surface area contributed by atoms with Crippen LogP contribution >= 0.6 is 15.9 Å². The van der Waals surface area contributed by atoms with Gasteiger partial charge in [0.1, 0.15) is 6.04 Å². The van der Waals surface area contributed by atoms with Gasteiger partial charge in [-0.25, -0.2) is 4.98 Å². The summed E-state index contributed by atoms with van der Waals surface area (Å²) < 4.78 is 2.94. The van der Waals surface area contributed by atoms with Crippen LogP contribution in [0.15, 0.2) is 59.3 Å². The molecule has 1 saturated carbocycles. The molecule has 2 amide bonds. The Morgan fingerprint density at radius 3 is 2.64 bits per heavy atom. The number of fused-ring (bicyclic) bond motifs is 1. The fraction of sp³-hybridized carbons (Fsp3) is 0.393. The van der Waals surface area contributed by atoms with E-state index in [0.717, 1.165) is 41.5 Å². The van der Waals surface area contributed by atoms with Gasteiger partial charge in [-0.05, 0) is 61.9 Å². The van der Waals surface area contributed by atoms with E-state index in [9.17, 15) is 9.59 Å². The van der Waals surface area contributed by atoms with Crippen molar-refractivity contribution in [2.75, 3.05) is 0 Å². The minimum atomic E-state index is -0.610. The first-order valence-corrected chi connectivity index (χ1v) is 13.4. The van der Waals surface area contributed by atoms with Crippen molar-refractivity contribution >= 4 is 27.7 Å². The number of hydrogen-bond acceptors (Lipinski definition) is 4. The van der Waals surface area contributed by atoms with E-state index in [1.165, 1.54) is 11.1 Å². The molecule has 188 valence electrons. The lowest BCUT2D eigenvalue weighted by atomic mass is 9.91. The molecule has 0 bridgehead atoms. The predicted octanol–water partition coefficient (Wildman–Crippen LogP) is 3.96. The zero-order valence-corrected chi connectivity index (χ0v) is 22.1. The molecular weight excluding hydrogens is 518 g/mol. The molecule has 0 spiro atoms. The summed E-state index contributed by atoms with van der Waals surface area (Å²) in [5.41, 5.74) is 10.9. The van der Waals surface area contributed by atoms with Gasteiger partial charge in [0.2, 0.25) is 5.91 Å². The van der Waals surface area contributed by atoms with Gasteiger partial charge in [-0.3, -0.25) is 9.59 Å². The van der Waals surface area contributed by atoms with E-state index in [0.29, 0.717) is 25.1 Å². The number of nitrogens with one attached hydrogen (secondary N) is 1. The number of benzene rings is 2. The first kappa shape index (κ1) is 24.7. The smallest absolute Gasteiger partial charge is 0.254 e. The number of carbonyl (C=O) groups is 2. The Kier molecular flexibility index (Phi) is 7.25. The van der Waals surface area contributed by atoms with Crippen LogP contribution in [0.3, 0.4) is 0 Å². The normalized spacial score (nSPS) is 21.6. The van der Waals surface area contributed by atoms with Crippen LogP contribution in [0.5, 0.6) is 0 Å². The van der Waals surface area contributed by atoms with Crippen LogP contribution in [0, 0.1) is 6.92 Å². The topological polar surface area (TPSA) is 93.2 Å².